The van der Waals surface area contributed by atoms with E-state index in [1.165, 1.54) is 0 Å². The Bertz CT molecular complexity index is 444. The second kappa shape index (κ2) is 5.31. The lowest BCUT2D eigenvalue weighted by Gasteiger charge is -2.41. The van der Waals surface area contributed by atoms with E-state index in [1.807, 2.05) is 12.1 Å². The third kappa shape index (κ3) is 3.13. The van der Waals surface area contributed by atoms with Crippen LogP contribution in [0, 0.1) is 5.41 Å². The first-order chi connectivity index (χ1) is 8.38. The van der Waals surface area contributed by atoms with Gasteiger partial charge in [0, 0.05) is 18.0 Å². The van der Waals surface area contributed by atoms with E-state index in [2.05, 4.69) is 29.8 Å². The maximum atomic E-state index is 12.1. The number of rotatable bonds is 2. The van der Waals surface area contributed by atoms with E-state index in [1.54, 1.807) is 16.2 Å². The van der Waals surface area contributed by atoms with E-state index in [9.17, 15) is 9.90 Å². The molecule has 1 aromatic rings. The van der Waals surface area contributed by atoms with Gasteiger partial charge in [0.15, 0.2) is 0 Å². The summed E-state index contributed by atoms with van der Waals surface area (Å²) in [5.41, 5.74) is -0.0806. The van der Waals surface area contributed by atoms with Crippen LogP contribution in [-0.4, -0.2) is 35.1 Å². The predicted octanol–water partition coefficient (Wildman–Crippen LogP) is 2.67. The molecule has 0 aliphatic carbocycles. The Morgan fingerprint density at radius 1 is 1.61 bits per heavy atom. The highest BCUT2D eigenvalue weighted by atomic mass is 79.9. The zero-order valence-electron chi connectivity index (χ0n) is 10.6. The van der Waals surface area contributed by atoms with Crippen LogP contribution in [0.25, 0.3) is 0 Å². The molecule has 3 nitrogen and oxygen atoms in total. The summed E-state index contributed by atoms with van der Waals surface area (Å²) in [5, 5.41) is 10.0. The molecule has 1 fully saturated rings. The number of aliphatic hydroxyl groups excluding tert-OH is 1. The monoisotopic (exact) mass is 331 g/mol. The Balaban J connectivity index is 1.95. The molecule has 1 atom stereocenters. The number of aliphatic hydroxyl groups is 1. The lowest BCUT2D eigenvalue weighted by Crippen LogP contribution is -2.50. The third-order valence-electron chi connectivity index (χ3n) is 3.63. The number of hydrogen-bond acceptors (Lipinski definition) is 3. The predicted molar refractivity (Wildman–Crippen MR) is 76.7 cm³/mol. The second-order valence-corrected chi connectivity index (χ2v) is 8.02. The number of carbonyl (C=O) groups excluding carboxylic acids is 1. The van der Waals surface area contributed by atoms with Gasteiger partial charge < -0.3 is 10.0 Å². The highest BCUT2D eigenvalue weighted by Crippen LogP contribution is 2.31. The molecule has 1 amide bonds. The van der Waals surface area contributed by atoms with Gasteiger partial charge in [-0.25, -0.2) is 0 Å². The minimum absolute atomic E-state index is 0.0806. The number of carbonyl (C=O) groups is 1. The van der Waals surface area contributed by atoms with Gasteiger partial charge in [-0.15, -0.1) is 11.3 Å². The zero-order valence-corrected chi connectivity index (χ0v) is 13.1. The van der Waals surface area contributed by atoms with Gasteiger partial charge in [-0.3, -0.25) is 4.79 Å². The van der Waals surface area contributed by atoms with Crippen molar-refractivity contribution in [2.75, 3.05) is 13.1 Å². The number of likely N-dealkylation sites (tertiary alicyclic amines) is 1. The fourth-order valence-electron chi connectivity index (χ4n) is 2.07. The van der Waals surface area contributed by atoms with Crippen molar-refractivity contribution in [3.8, 4) is 0 Å². The summed E-state index contributed by atoms with van der Waals surface area (Å²) in [7, 11) is 0. The van der Waals surface area contributed by atoms with Crippen LogP contribution in [0.4, 0.5) is 0 Å². The molecule has 5 heteroatoms. The first-order valence-electron chi connectivity index (χ1n) is 6.08. The third-order valence-corrected chi connectivity index (χ3v) is 5.25. The fourth-order valence-corrected chi connectivity index (χ4v) is 3.55. The normalized spacial score (nSPS) is 23.1. The number of hydrogen-bond donors (Lipinski definition) is 1. The largest absolute Gasteiger partial charge is 0.391 e. The molecule has 1 aliphatic rings. The Labute approximate surface area is 120 Å². The molecule has 0 bridgehead atoms. The molecular weight excluding hydrogens is 314 g/mol. The summed E-state index contributed by atoms with van der Waals surface area (Å²) < 4.78 is 1.05. The summed E-state index contributed by atoms with van der Waals surface area (Å²) in [5.74, 6) is 0.110. The Hall–Kier alpha value is -0.390. The topological polar surface area (TPSA) is 40.5 Å². The number of thiophene rings is 1. The van der Waals surface area contributed by atoms with Crippen molar-refractivity contribution in [2.45, 2.75) is 32.8 Å². The standard InChI is InChI=1S/C13H18BrNO2S/c1-13(2)5-6-15(8-10(13)16)12(17)7-9-3-4-11(14)18-9/h3-4,10,16H,5-8H2,1-2H3. The lowest BCUT2D eigenvalue weighted by molar-refractivity contribution is -0.137. The number of nitrogens with zero attached hydrogens (tertiary/aromatic N) is 1. The summed E-state index contributed by atoms with van der Waals surface area (Å²) in [6, 6.07) is 3.93. The molecule has 1 saturated heterocycles. The van der Waals surface area contributed by atoms with Gasteiger partial charge in [-0.2, -0.15) is 0 Å². The van der Waals surface area contributed by atoms with Crippen molar-refractivity contribution in [2.24, 2.45) is 5.41 Å². The average Bonchev–Trinajstić information content (AvgIpc) is 2.68. The fraction of sp³-hybridized carbons (Fsp3) is 0.615. The van der Waals surface area contributed by atoms with Gasteiger partial charge in [0.05, 0.1) is 16.3 Å². The maximum Gasteiger partial charge on any atom is 0.227 e. The number of piperidine rings is 1. The van der Waals surface area contributed by atoms with Crippen molar-refractivity contribution >= 4 is 33.2 Å². The molecule has 0 spiro atoms. The first kappa shape index (κ1) is 14.0. The van der Waals surface area contributed by atoms with Crippen LogP contribution in [0.5, 0.6) is 0 Å². The number of amides is 1. The molecular formula is C13H18BrNO2S. The molecule has 18 heavy (non-hydrogen) atoms. The number of β-amino-alcohol motifs (C(OH)–C–C–N with tert-alkyl or cyclic N) is 1. The van der Waals surface area contributed by atoms with E-state index in [-0.39, 0.29) is 11.3 Å². The quantitative estimate of drug-likeness (QED) is 0.905. The summed E-state index contributed by atoms with van der Waals surface area (Å²) in [4.78, 5) is 15.0. The van der Waals surface area contributed by atoms with Crippen LogP contribution in [0.1, 0.15) is 25.1 Å². The van der Waals surface area contributed by atoms with Crippen LogP contribution < -0.4 is 0 Å². The molecule has 1 N–H and O–H groups in total. The molecule has 1 unspecified atom stereocenters. The smallest absolute Gasteiger partial charge is 0.227 e. The molecule has 1 aromatic heterocycles. The second-order valence-electron chi connectivity index (χ2n) is 5.48. The van der Waals surface area contributed by atoms with E-state index < -0.39 is 6.10 Å². The van der Waals surface area contributed by atoms with Gasteiger partial charge in [0.1, 0.15) is 0 Å². The first-order valence-corrected chi connectivity index (χ1v) is 7.69. The van der Waals surface area contributed by atoms with Crippen LogP contribution in [0.15, 0.2) is 15.9 Å². The minimum Gasteiger partial charge on any atom is -0.391 e. The van der Waals surface area contributed by atoms with Crippen molar-refractivity contribution in [1.29, 1.82) is 0 Å². The van der Waals surface area contributed by atoms with E-state index in [0.717, 1.165) is 21.6 Å². The van der Waals surface area contributed by atoms with Crippen molar-refractivity contribution in [1.82, 2.24) is 4.90 Å². The zero-order chi connectivity index (χ0) is 13.3. The maximum absolute atomic E-state index is 12.1. The van der Waals surface area contributed by atoms with E-state index in [4.69, 9.17) is 0 Å². The molecule has 0 aromatic carbocycles. The van der Waals surface area contributed by atoms with Gasteiger partial charge >= 0.3 is 0 Å². The molecule has 2 heterocycles. The highest BCUT2D eigenvalue weighted by Gasteiger charge is 2.35. The van der Waals surface area contributed by atoms with Crippen molar-refractivity contribution in [3.63, 3.8) is 0 Å². The van der Waals surface area contributed by atoms with Crippen LogP contribution in [-0.2, 0) is 11.2 Å². The molecule has 0 saturated carbocycles. The van der Waals surface area contributed by atoms with E-state index in [0.29, 0.717) is 13.0 Å². The van der Waals surface area contributed by atoms with Gasteiger partial charge in [-0.05, 0) is 39.9 Å². The SMILES string of the molecule is CC1(C)CCN(C(=O)Cc2ccc(Br)s2)CC1O. The van der Waals surface area contributed by atoms with Crippen LogP contribution in [0.3, 0.4) is 0 Å². The molecule has 2 rings (SSSR count). The molecule has 100 valence electrons. The van der Waals surface area contributed by atoms with Gasteiger partial charge in [0.25, 0.3) is 0 Å². The number of halogens is 1. The van der Waals surface area contributed by atoms with Crippen molar-refractivity contribution < 1.29 is 9.90 Å². The minimum atomic E-state index is -0.426. The molecule has 0 radical (unpaired) electrons. The van der Waals surface area contributed by atoms with Crippen LogP contribution >= 0.6 is 27.3 Å². The van der Waals surface area contributed by atoms with E-state index >= 15 is 0 Å². The van der Waals surface area contributed by atoms with Crippen molar-refractivity contribution in [3.05, 3.63) is 20.8 Å². The Morgan fingerprint density at radius 3 is 2.89 bits per heavy atom. The average molecular weight is 332 g/mol. The Kier molecular flexibility index (Phi) is 4.14. The van der Waals surface area contributed by atoms with Crippen LogP contribution in [0.2, 0.25) is 0 Å². The highest BCUT2D eigenvalue weighted by molar-refractivity contribution is 9.11. The summed E-state index contributed by atoms with van der Waals surface area (Å²) in [6.07, 6.45) is 0.863. The lowest BCUT2D eigenvalue weighted by atomic mass is 9.80. The summed E-state index contributed by atoms with van der Waals surface area (Å²) >= 11 is 4.98. The summed E-state index contributed by atoms with van der Waals surface area (Å²) in [6.45, 7) is 5.31. The Morgan fingerprint density at radius 2 is 2.33 bits per heavy atom. The van der Waals surface area contributed by atoms with Gasteiger partial charge in [-0.1, -0.05) is 13.8 Å². The van der Waals surface area contributed by atoms with Gasteiger partial charge in [0.2, 0.25) is 5.91 Å². The molecule has 1 aliphatic heterocycles.